The average molecular weight is 410 g/mol. The van der Waals surface area contributed by atoms with Crippen LogP contribution in [0, 0.1) is 20.8 Å². The van der Waals surface area contributed by atoms with Crippen LogP contribution in [-0.4, -0.2) is 26.4 Å². The van der Waals surface area contributed by atoms with Gasteiger partial charge in [-0.15, -0.1) is 0 Å². The third-order valence-corrected chi connectivity index (χ3v) is 5.83. The first-order valence-electron chi connectivity index (χ1n) is 11.0. The molecule has 0 radical (unpaired) electrons. The molecule has 5 heteroatoms. The summed E-state index contributed by atoms with van der Waals surface area (Å²) in [7, 11) is 0. The summed E-state index contributed by atoms with van der Waals surface area (Å²) >= 11 is 0. The number of fused-ring (bicyclic) bond motifs is 1. The van der Waals surface area contributed by atoms with Gasteiger partial charge in [-0.25, -0.2) is 4.98 Å². The van der Waals surface area contributed by atoms with Crippen LogP contribution in [0.2, 0.25) is 0 Å². The van der Waals surface area contributed by atoms with Crippen molar-refractivity contribution in [3.63, 3.8) is 0 Å². The van der Waals surface area contributed by atoms with E-state index in [1.54, 1.807) is 0 Å². The molecule has 0 spiro atoms. The number of anilines is 2. The zero-order chi connectivity index (χ0) is 21.9. The number of aliphatic hydroxyl groups excluding tert-OH is 1. The minimum atomic E-state index is -0.900. The van der Waals surface area contributed by atoms with E-state index in [2.05, 4.69) is 52.1 Å². The monoisotopic (exact) mass is 409 g/mol. The second-order valence-corrected chi connectivity index (χ2v) is 8.41. The molecular formula is C25H35N3O2. The minimum Gasteiger partial charge on any atom is -0.395 e. The van der Waals surface area contributed by atoms with E-state index in [-0.39, 0.29) is 6.61 Å². The van der Waals surface area contributed by atoms with Gasteiger partial charge in [-0.05, 0) is 50.8 Å². The van der Waals surface area contributed by atoms with Crippen molar-refractivity contribution in [3.8, 4) is 0 Å². The number of hydrogen-bond donors (Lipinski definition) is 3. The Bertz CT molecular complexity index is 994. The molecule has 0 aliphatic rings. The zero-order valence-corrected chi connectivity index (χ0v) is 18.9. The van der Waals surface area contributed by atoms with E-state index >= 15 is 0 Å². The molecule has 0 aliphatic heterocycles. The first-order valence-corrected chi connectivity index (χ1v) is 11.0. The van der Waals surface area contributed by atoms with Gasteiger partial charge in [-0.3, -0.25) is 0 Å². The lowest BCUT2D eigenvalue weighted by atomic mass is 9.84. The van der Waals surface area contributed by atoms with E-state index in [1.165, 1.54) is 5.56 Å². The summed E-state index contributed by atoms with van der Waals surface area (Å²) in [5.41, 5.74) is 6.31. The highest BCUT2D eigenvalue weighted by atomic mass is 16.3. The number of rotatable bonds is 9. The topological polar surface area (TPSA) is 70.3 Å². The largest absolute Gasteiger partial charge is 0.395 e. The summed E-state index contributed by atoms with van der Waals surface area (Å²) in [6.07, 6.45) is 3.19. The van der Waals surface area contributed by atoms with Crippen LogP contribution in [0.15, 0.2) is 30.3 Å². The molecule has 0 unspecified atom stereocenters. The molecule has 0 bridgehead atoms. The fourth-order valence-electron chi connectivity index (χ4n) is 4.68. The molecular weight excluding hydrogens is 374 g/mol. The Balaban J connectivity index is 2.20. The molecule has 0 saturated heterocycles. The number of imidazole rings is 1. The summed E-state index contributed by atoms with van der Waals surface area (Å²) in [6.45, 7) is 10.9. The van der Waals surface area contributed by atoms with E-state index in [0.717, 1.165) is 46.3 Å². The van der Waals surface area contributed by atoms with E-state index in [9.17, 15) is 10.2 Å². The predicted octanol–water partition coefficient (Wildman–Crippen LogP) is 5.49. The van der Waals surface area contributed by atoms with Crippen LogP contribution < -0.4 is 5.32 Å². The van der Waals surface area contributed by atoms with Crippen molar-refractivity contribution in [2.45, 2.75) is 72.4 Å². The summed E-state index contributed by atoms with van der Waals surface area (Å²) in [6, 6.07) is 10.3. The first-order chi connectivity index (χ1) is 14.3. The SMILES string of the molecule is CCCC(O)(CCC)c1cccc2nc(Nc3c(C)cc(C)cc3C)n(CCO)c12. The minimum absolute atomic E-state index is 0.000318. The second kappa shape index (κ2) is 9.19. The van der Waals surface area contributed by atoms with Crippen molar-refractivity contribution < 1.29 is 10.2 Å². The molecule has 0 fully saturated rings. The van der Waals surface area contributed by atoms with E-state index < -0.39 is 5.60 Å². The van der Waals surface area contributed by atoms with Gasteiger partial charge in [0.1, 0.15) is 0 Å². The molecule has 2 aromatic carbocycles. The van der Waals surface area contributed by atoms with Gasteiger partial charge < -0.3 is 20.1 Å². The summed E-state index contributed by atoms with van der Waals surface area (Å²) in [5.74, 6) is 0.692. The van der Waals surface area contributed by atoms with Crippen molar-refractivity contribution in [1.82, 2.24) is 9.55 Å². The van der Waals surface area contributed by atoms with Gasteiger partial charge in [-0.2, -0.15) is 0 Å². The Labute approximate surface area is 179 Å². The molecule has 0 amide bonds. The zero-order valence-electron chi connectivity index (χ0n) is 18.9. The Morgan fingerprint density at radius 1 is 1.03 bits per heavy atom. The normalized spacial score (nSPS) is 12.0. The number of hydrogen-bond acceptors (Lipinski definition) is 4. The van der Waals surface area contributed by atoms with Crippen LogP contribution in [0.5, 0.6) is 0 Å². The Morgan fingerprint density at radius 3 is 2.23 bits per heavy atom. The van der Waals surface area contributed by atoms with Crippen molar-refractivity contribution in [1.29, 1.82) is 0 Å². The highest BCUT2D eigenvalue weighted by Crippen LogP contribution is 2.38. The lowest BCUT2D eigenvalue weighted by Crippen LogP contribution is -2.26. The third kappa shape index (κ3) is 4.23. The third-order valence-electron chi connectivity index (χ3n) is 5.83. The highest BCUT2D eigenvalue weighted by molar-refractivity contribution is 5.84. The predicted molar refractivity (Wildman–Crippen MR) is 124 cm³/mol. The van der Waals surface area contributed by atoms with Crippen LogP contribution >= 0.6 is 0 Å². The van der Waals surface area contributed by atoms with Crippen LogP contribution in [0.1, 0.15) is 61.8 Å². The molecule has 162 valence electrons. The number of aliphatic hydroxyl groups is 2. The van der Waals surface area contributed by atoms with Crippen LogP contribution in [0.4, 0.5) is 11.6 Å². The molecule has 3 N–H and O–H groups in total. The number of aromatic nitrogens is 2. The smallest absolute Gasteiger partial charge is 0.208 e. The maximum atomic E-state index is 11.6. The number of para-hydroxylation sites is 1. The second-order valence-electron chi connectivity index (χ2n) is 8.41. The van der Waals surface area contributed by atoms with Gasteiger partial charge in [0.2, 0.25) is 5.95 Å². The lowest BCUT2D eigenvalue weighted by Gasteiger charge is -2.29. The van der Waals surface area contributed by atoms with E-state index in [1.807, 2.05) is 22.8 Å². The summed E-state index contributed by atoms with van der Waals surface area (Å²) in [4.78, 5) is 4.86. The lowest BCUT2D eigenvalue weighted by molar-refractivity contribution is 0.0181. The Morgan fingerprint density at radius 2 is 1.67 bits per heavy atom. The van der Waals surface area contributed by atoms with Gasteiger partial charge in [0.25, 0.3) is 0 Å². The Kier molecular flexibility index (Phi) is 6.84. The van der Waals surface area contributed by atoms with Gasteiger partial charge in [-0.1, -0.05) is 56.5 Å². The quantitative estimate of drug-likeness (QED) is 0.437. The molecule has 5 nitrogen and oxygen atoms in total. The average Bonchev–Trinajstić information content (AvgIpc) is 3.02. The van der Waals surface area contributed by atoms with Gasteiger partial charge >= 0.3 is 0 Å². The van der Waals surface area contributed by atoms with E-state index in [4.69, 9.17) is 4.98 Å². The summed E-state index contributed by atoms with van der Waals surface area (Å²) in [5, 5.41) is 24.9. The molecule has 3 aromatic rings. The van der Waals surface area contributed by atoms with E-state index in [0.29, 0.717) is 25.3 Å². The molecule has 0 atom stereocenters. The molecule has 30 heavy (non-hydrogen) atoms. The maximum absolute atomic E-state index is 11.6. The maximum Gasteiger partial charge on any atom is 0.208 e. The fraction of sp³-hybridized carbons (Fsp3) is 0.480. The van der Waals surface area contributed by atoms with Crippen LogP contribution in [0.3, 0.4) is 0 Å². The molecule has 3 rings (SSSR count). The number of nitrogens with zero attached hydrogens (tertiary/aromatic N) is 2. The van der Waals surface area contributed by atoms with Crippen LogP contribution in [0.25, 0.3) is 11.0 Å². The first kappa shape index (κ1) is 22.3. The number of benzene rings is 2. The highest BCUT2D eigenvalue weighted by Gasteiger charge is 2.31. The summed E-state index contributed by atoms with van der Waals surface area (Å²) < 4.78 is 2.01. The van der Waals surface area contributed by atoms with Crippen molar-refractivity contribution in [2.75, 3.05) is 11.9 Å². The molecule has 0 saturated carbocycles. The molecule has 0 aliphatic carbocycles. The van der Waals surface area contributed by atoms with Gasteiger partial charge in [0.15, 0.2) is 0 Å². The standard InChI is InChI=1S/C25H35N3O2/c1-6-11-25(30,12-7-2)20-9-8-10-21-23(20)28(13-14-29)24(26-21)27-22-18(4)15-17(3)16-19(22)5/h8-10,15-16,29-30H,6-7,11-14H2,1-5H3,(H,26,27). The molecule has 1 heterocycles. The fourth-order valence-corrected chi connectivity index (χ4v) is 4.68. The Hall–Kier alpha value is -2.37. The molecule has 1 aromatic heterocycles. The van der Waals surface area contributed by atoms with Gasteiger partial charge in [0, 0.05) is 17.8 Å². The van der Waals surface area contributed by atoms with Crippen molar-refractivity contribution in [3.05, 3.63) is 52.6 Å². The van der Waals surface area contributed by atoms with Crippen LogP contribution in [-0.2, 0) is 12.1 Å². The van der Waals surface area contributed by atoms with Crippen molar-refractivity contribution in [2.24, 2.45) is 0 Å². The number of aryl methyl sites for hydroxylation is 3. The van der Waals surface area contributed by atoms with Gasteiger partial charge in [0.05, 0.1) is 23.2 Å². The van der Waals surface area contributed by atoms with Crippen molar-refractivity contribution >= 4 is 22.7 Å². The number of nitrogens with one attached hydrogen (secondary N) is 1.